The van der Waals surface area contributed by atoms with E-state index < -0.39 is 0 Å². The molecule has 0 nitrogen and oxygen atoms in total. The number of hydrogen-bond acceptors (Lipinski definition) is 0. The van der Waals surface area contributed by atoms with Gasteiger partial charge in [0.15, 0.2) is 0 Å². The Morgan fingerprint density at radius 3 is 2.57 bits per heavy atom. The normalized spacial score (nSPS) is 38.7. The second-order valence-electron chi connectivity index (χ2n) is 5.02. The Hall–Kier alpha value is -0.0500. The Labute approximate surface area is 99.2 Å². The Kier molecular flexibility index (Phi) is 1.80. The molecule has 1 heteroatoms. The van der Waals surface area contributed by atoms with Gasteiger partial charge in [0.2, 0.25) is 0 Å². The molecule has 2 bridgehead atoms. The second-order valence-corrected chi connectivity index (χ2v) is 7.30. The summed E-state index contributed by atoms with van der Waals surface area (Å²) in [5, 5.41) is 0. The van der Waals surface area contributed by atoms with Crippen LogP contribution in [-0.4, -0.2) is 3.42 Å². The molecule has 0 heterocycles. The Morgan fingerprint density at radius 1 is 1.29 bits per heavy atom. The van der Waals surface area contributed by atoms with E-state index in [0.717, 1.165) is 0 Å². The van der Waals surface area contributed by atoms with Crippen LogP contribution in [0.4, 0.5) is 0 Å². The largest absolute Gasteiger partial charge is 0.0788 e. The molecule has 0 atom stereocenters. The summed E-state index contributed by atoms with van der Waals surface area (Å²) in [4.78, 5) is 0. The molecule has 0 radical (unpaired) electrons. The maximum Gasteiger partial charge on any atom is 0.0247 e. The van der Waals surface area contributed by atoms with Crippen LogP contribution < -0.4 is 0 Å². The lowest BCUT2D eigenvalue weighted by molar-refractivity contribution is 0.0220. The van der Waals surface area contributed by atoms with E-state index >= 15 is 0 Å². The predicted octanol–water partition coefficient (Wildman–Crippen LogP) is 3.86. The third-order valence-electron chi connectivity index (χ3n) is 3.91. The molecule has 14 heavy (non-hydrogen) atoms. The van der Waals surface area contributed by atoms with Crippen LogP contribution in [-0.2, 0) is 11.8 Å². The number of halogens is 1. The molecule has 0 aromatic heterocycles. The molecular weight excluding hydrogens is 283 g/mol. The van der Waals surface area contributed by atoms with Crippen molar-refractivity contribution < 1.29 is 0 Å². The van der Waals surface area contributed by atoms with Gasteiger partial charge in [0.05, 0.1) is 0 Å². The zero-order chi connectivity index (χ0) is 9.81. The van der Waals surface area contributed by atoms with Crippen LogP contribution in [0, 0.1) is 0 Å². The Balaban J connectivity index is 1.91. The van der Waals surface area contributed by atoms with Gasteiger partial charge in [0.1, 0.15) is 0 Å². The number of benzene rings is 1. The molecule has 0 N–H and O–H groups in total. The zero-order valence-corrected chi connectivity index (χ0v) is 10.7. The summed E-state index contributed by atoms with van der Waals surface area (Å²) in [5.41, 5.74) is 3.71. The molecule has 3 aliphatic carbocycles. The van der Waals surface area contributed by atoms with Gasteiger partial charge < -0.3 is 0 Å². The average molecular weight is 298 g/mol. The van der Waals surface area contributed by atoms with Crippen LogP contribution in [0.25, 0.3) is 0 Å². The van der Waals surface area contributed by atoms with Crippen molar-refractivity contribution in [3.8, 4) is 0 Å². The van der Waals surface area contributed by atoms with Gasteiger partial charge in [-0.1, -0.05) is 53.8 Å². The van der Waals surface area contributed by atoms with Crippen molar-refractivity contribution in [3.05, 3.63) is 35.4 Å². The molecule has 4 rings (SSSR count). The first-order valence-corrected chi connectivity index (χ1v) is 6.52. The van der Waals surface area contributed by atoms with E-state index in [0.29, 0.717) is 8.84 Å². The first-order chi connectivity index (χ1) is 6.66. The van der Waals surface area contributed by atoms with Gasteiger partial charge in [-0.25, -0.2) is 0 Å². The van der Waals surface area contributed by atoms with Crippen molar-refractivity contribution in [2.45, 2.75) is 41.4 Å². The Bertz CT molecular complexity index is 361. The minimum Gasteiger partial charge on any atom is -0.0788 e. The topological polar surface area (TPSA) is 0 Å². The average Bonchev–Trinajstić information content (AvgIpc) is 2.12. The van der Waals surface area contributed by atoms with E-state index in [1.807, 2.05) is 0 Å². The summed E-state index contributed by atoms with van der Waals surface area (Å²) >= 11 is 2.65. The van der Waals surface area contributed by atoms with Gasteiger partial charge in [0, 0.05) is 3.42 Å². The fourth-order valence-corrected chi connectivity index (χ4v) is 5.28. The molecule has 0 aliphatic heterocycles. The van der Waals surface area contributed by atoms with Crippen molar-refractivity contribution in [1.82, 2.24) is 0 Å². The molecule has 0 unspecified atom stereocenters. The van der Waals surface area contributed by atoms with Gasteiger partial charge in [0.25, 0.3) is 0 Å². The van der Waals surface area contributed by atoms with E-state index in [1.54, 1.807) is 5.56 Å². The molecule has 3 fully saturated rings. The Morgan fingerprint density at radius 2 is 2.00 bits per heavy atom. The molecule has 0 saturated heterocycles. The number of aryl methyl sites for hydroxylation is 1. The van der Waals surface area contributed by atoms with Gasteiger partial charge >= 0.3 is 0 Å². The summed E-state index contributed by atoms with van der Waals surface area (Å²) in [6.07, 6.45) is 5.44. The summed E-state index contributed by atoms with van der Waals surface area (Å²) < 4.78 is 0.694. The number of alkyl halides is 1. The molecule has 3 saturated carbocycles. The van der Waals surface area contributed by atoms with Crippen LogP contribution >= 0.6 is 22.6 Å². The first kappa shape index (κ1) is 9.20. The molecule has 1 aromatic rings. The zero-order valence-electron chi connectivity index (χ0n) is 8.52. The highest BCUT2D eigenvalue weighted by Crippen LogP contribution is 2.72. The molecule has 3 aliphatic rings. The molecule has 1 aromatic carbocycles. The van der Waals surface area contributed by atoms with Crippen LogP contribution in [0.15, 0.2) is 24.3 Å². The SMILES string of the molecule is CCc1cccc(C23CC(I)(C2)C3)c1. The lowest BCUT2D eigenvalue weighted by Gasteiger charge is -2.68. The molecule has 0 spiro atoms. The van der Waals surface area contributed by atoms with Crippen LogP contribution in [0.5, 0.6) is 0 Å². The van der Waals surface area contributed by atoms with Crippen molar-refractivity contribution >= 4 is 22.6 Å². The third kappa shape index (κ3) is 1.11. The number of hydrogen-bond donors (Lipinski definition) is 0. The van der Waals surface area contributed by atoms with Crippen molar-refractivity contribution in [1.29, 1.82) is 0 Å². The predicted molar refractivity (Wildman–Crippen MR) is 68.1 cm³/mol. The third-order valence-corrected chi connectivity index (χ3v) is 5.06. The monoisotopic (exact) mass is 298 g/mol. The summed E-state index contributed by atoms with van der Waals surface area (Å²) in [6, 6.07) is 9.23. The van der Waals surface area contributed by atoms with Gasteiger partial charge in [-0.05, 0) is 42.2 Å². The maximum absolute atomic E-state index is 2.65. The van der Waals surface area contributed by atoms with Crippen molar-refractivity contribution in [2.24, 2.45) is 0 Å². The van der Waals surface area contributed by atoms with E-state index in [2.05, 4.69) is 53.8 Å². The van der Waals surface area contributed by atoms with Crippen molar-refractivity contribution in [2.75, 3.05) is 0 Å². The summed E-state index contributed by atoms with van der Waals surface area (Å²) in [7, 11) is 0. The lowest BCUT2D eigenvalue weighted by atomic mass is 9.42. The summed E-state index contributed by atoms with van der Waals surface area (Å²) in [6.45, 7) is 2.24. The maximum atomic E-state index is 2.65. The van der Waals surface area contributed by atoms with E-state index in [1.165, 1.54) is 31.2 Å². The van der Waals surface area contributed by atoms with Gasteiger partial charge in [-0.2, -0.15) is 0 Å². The summed E-state index contributed by atoms with van der Waals surface area (Å²) in [5.74, 6) is 0. The highest BCUT2D eigenvalue weighted by molar-refractivity contribution is 14.1. The van der Waals surface area contributed by atoms with Crippen molar-refractivity contribution in [3.63, 3.8) is 0 Å². The standard InChI is InChI=1S/C13H15I/c1-2-10-4-3-5-11(6-10)12-7-13(14,8-12)9-12/h3-6H,2,7-9H2,1H3. The molecular formula is C13H15I. The van der Waals surface area contributed by atoms with E-state index in [9.17, 15) is 0 Å². The van der Waals surface area contributed by atoms with Crippen LogP contribution in [0.2, 0.25) is 0 Å². The molecule has 74 valence electrons. The van der Waals surface area contributed by atoms with Crippen LogP contribution in [0.1, 0.15) is 37.3 Å². The van der Waals surface area contributed by atoms with E-state index in [4.69, 9.17) is 0 Å². The van der Waals surface area contributed by atoms with Gasteiger partial charge in [-0.3, -0.25) is 0 Å². The number of rotatable bonds is 2. The van der Waals surface area contributed by atoms with E-state index in [-0.39, 0.29) is 0 Å². The highest BCUT2D eigenvalue weighted by atomic mass is 127. The minimum absolute atomic E-state index is 0.604. The lowest BCUT2D eigenvalue weighted by Crippen LogP contribution is -2.65. The minimum atomic E-state index is 0.604. The van der Waals surface area contributed by atoms with Crippen LogP contribution in [0.3, 0.4) is 0 Å². The van der Waals surface area contributed by atoms with Gasteiger partial charge in [-0.15, -0.1) is 0 Å². The fraction of sp³-hybridized carbons (Fsp3) is 0.538. The smallest absolute Gasteiger partial charge is 0.0247 e. The molecule has 0 amide bonds. The fourth-order valence-electron chi connectivity index (χ4n) is 3.09. The second kappa shape index (κ2) is 2.75. The highest BCUT2D eigenvalue weighted by Gasteiger charge is 2.66. The first-order valence-electron chi connectivity index (χ1n) is 5.44. The quantitative estimate of drug-likeness (QED) is 0.574.